The zero-order chi connectivity index (χ0) is 12.0. The van der Waals surface area contributed by atoms with Gasteiger partial charge < -0.3 is 10.6 Å². The van der Waals surface area contributed by atoms with Crippen molar-refractivity contribution in [1.82, 2.24) is 10.6 Å². The maximum atomic E-state index is 11.6. The molecule has 1 saturated heterocycles. The normalized spacial score (nSPS) is 21.8. The summed E-state index contributed by atoms with van der Waals surface area (Å²) in [6.45, 7) is 8.23. The van der Waals surface area contributed by atoms with Gasteiger partial charge in [-0.1, -0.05) is 27.2 Å². The largest absolute Gasteiger partial charge is 0.356 e. The molecule has 1 atom stereocenters. The summed E-state index contributed by atoms with van der Waals surface area (Å²) in [5.41, 5.74) is 0.0904. The summed E-state index contributed by atoms with van der Waals surface area (Å²) in [5, 5.41) is 6.50. The highest BCUT2D eigenvalue weighted by atomic mass is 16.1. The minimum absolute atomic E-state index is 0.0904. The zero-order valence-corrected chi connectivity index (χ0v) is 10.9. The van der Waals surface area contributed by atoms with Gasteiger partial charge in [0.1, 0.15) is 0 Å². The molecule has 94 valence electrons. The lowest BCUT2D eigenvalue weighted by atomic mass is 9.92. The van der Waals surface area contributed by atoms with Crippen LogP contribution in [0.2, 0.25) is 0 Å². The number of nitrogens with one attached hydrogen (secondary N) is 2. The first-order valence-corrected chi connectivity index (χ1v) is 6.47. The molecule has 2 N–H and O–H groups in total. The van der Waals surface area contributed by atoms with E-state index in [1.54, 1.807) is 0 Å². The highest BCUT2D eigenvalue weighted by Gasteiger charge is 2.16. The predicted octanol–water partition coefficient (Wildman–Crippen LogP) is 2.07. The highest BCUT2D eigenvalue weighted by molar-refractivity contribution is 5.76. The zero-order valence-electron chi connectivity index (χ0n) is 10.9. The number of amides is 1. The van der Waals surface area contributed by atoms with Crippen LogP contribution in [0.25, 0.3) is 0 Å². The molecule has 0 aromatic rings. The van der Waals surface area contributed by atoms with Crippen LogP contribution in [-0.4, -0.2) is 25.0 Å². The molecule has 0 bridgehead atoms. The third-order valence-corrected chi connectivity index (χ3v) is 2.92. The second-order valence-electron chi connectivity index (χ2n) is 6.02. The summed E-state index contributed by atoms with van der Waals surface area (Å²) in [7, 11) is 0. The third-order valence-electron chi connectivity index (χ3n) is 2.92. The molecule has 1 heterocycles. The molecule has 0 spiro atoms. The minimum Gasteiger partial charge on any atom is -0.356 e. The number of carbonyl (C=O) groups is 1. The van der Waals surface area contributed by atoms with Crippen molar-refractivity contribution in [2.75, 3.05) is 13.1 Å². The molecule has 1 fully saturated rings. The van der Waals surface area contributed by atoms with Crippen LogP contribution in [0.1, 0.15) is 52.9 Å². The summed E-state index contributed by atoms with van der Waals surface area (Å²) in [4.78, 5) is 11.6. The Balaban J connectivity index is 2.08. The SMILES string of the molecule is CC(C)(C)CC(=O)NCCC1CCCCN1. The van der Waals surface area contributed by atoms with Crippen molar-refractivity contribution in [3.8, 4) is 0 Å². The summed E-state index contributed by atoms with van der Waals surface area (Å²) >= 11 is 0. The quantitative estimate of drug-likeness (QED) is 0.770. The van der Waals surface area contributed by atoms with Gasteiger partial charge in [-0.3, -0.25) is 4.79 Å². The van der Waals surface area contributed by atoms with Gasteiger partial charge in [0.25, 0.3) is 0 Å². The molecule has 0 radical (unpaired) electrons. The van der Waals surface area contributed by atoms with Gasteiger partial charge in [-0.05, 0) is 31.2 Å². The van der Waals surface area contributed by atoms with Crippen LogP contribution in [0, 0.1) is 5.41 Å². The second kappa shape index (κ2) is 6.24. The predicted molar refractivity (Wildman–Crippen MR) is 67.3 cm³/mol. The van der Waals surface area contributed by atoms with E-state index in [4.69, 9.17) is 0 Å². The molecular formula is C13H26N2O. The lowest BCUT2D eigenvalue weighted by molar-refractivity contribution is -0.122. The molecule has 1 rings (SSSR count). The standard InChI is InChI=1S/C13H26N2O/c1-13(2,3)10-12(16)15-9-7-11-6-4-5-8-14-11/h11,14H,4-10H2,1-3H3,(H,15,16). The van der Waals surface area contributed by atoms with Crippen LogP contribution >= 0.6 is 0 Å². The molecule has 0 aliphatic carbocycles. The van der Waals surface area contributed by atoms with E-state index in [-0.39, 0.29) is 11.3 Å². The first-order valence-electron chi connectivity index (χ1n) is 6.47. The average Bonchev–Trinajstić information content (AvgIpc) is 2.16. The van der Waals surface area contributed by atoms with E-state index in [2.05, 4.69) is 31.4 Å². The van der Waals surface area contributed by atoms with E-state index in [0.29, 0.717) is 12.5 Å². The highest BCUT2D eigenvalue weighted by Crippen LogP contribution is 2.17. The maximum Gasteiger partial charge on any atom is 0.220 e. The Kier molecular flexibility index (Phi) is 5.26. The van der Waals surface area contributed by atoms with Crippen LogP contribution in [0.15, 0.2) is 0 Å². The van der Waals surface area contributed by atoms with Gasteiger partial charge in [0, 0.05) is 19.0 Å². The van der Waals surface area contributed by atoms with Crippen molar-refractivity contribution >= 4 is 5.91 Å². The molecule has 16 heavy (non-hydrogen) atoms. The van der Waals surface area contributed by atoms with Crippen LogP contribution in [-0.2, 0) is 4.79 Å². The van der Waals surface area contributed by atoms with Gasteiger partial charge in [0.15, 0.2) is 0 Å². The lowest BCUT2D eigenvalue weighted by Crippen LogP contribution is -2.37. The number of carbonyl (C=O) groups excluding carboxylic acids is 1. The summed E-state index contributed by atoms with van der Waals surface area (Å²) in [5.74, 6) is 0.184. The first-order chi connectivity index (χ1) is 7.47. The maximum absolute atomic E-state index is 11.6. The van der Waals surface area contributed by atoms with Crippen molar-refractivity contribution in [3.05, 3.63) is 0 Å². The molecular weight excluding hydrogens is 200 g/mol. The van der Waals surface area contributed by atoms with Crippen molar-refractivity contribution in [3.63, 3.8) is 0 Å². The van der Waals surface area contributed by atoms with Gasteiger partial charge >= 0.3 is 0 Å². The topological polar surface area (TPSA) is 41.1 Å². The van der Waals surface area contributed by atoms with Crippen LogP contribution in [0.5, 0.6) is 0 Å². The van der Waals surface area contributed by atoms with E-state index >= 15 is 0 Å². The van der Waals surface area contributed by atoms with E-state index < -0.39 is 0 Å². The molecule has 0 aromatic heterocycles. The molecule has 3 heteroatoms. The fourth-order valence-electron chi connectivity index (χ4n) is 2.10. The Morgan fingerprint density at radius 1 is 1.38 bits per heavy atom. The third kappa shape index (κ3) is 6.11. The van der Waals surface area contributed by atoms with Crippen molar-refractivity contribution in [2.45, 2.75) is 58.9 Å². The molecule has 1 aliphatic rings. The van der Waals surface area contributed by atoms with Crippen molar-refractivity contribution < 1.29 is 4.79 Å². The van der Waals surface area contributed by atoms with Crippen LogP contribution in [0.3, 0.4) is 0 Å². The smallest absolute Gasteiger partial charge is 0.220 e. The van der Waals surface area contributed by atoms with E-state index in [1.165, 1.54) is 19.3 Å². The minimum atomic E-state index is 0.0904. The van der Waals surface area contributed by atoms with Crippen LogP contribution in [0.4, 0.5) is 0 Å². The Labute approximate surface area is 99.4 Å². The van der Waals surface area contributed by atoms with Gasteiger partial charge in [0.2, 0.25) is 5.91 Å². The van der Waals surface area contributed by atoms with Gasteiger partial charge in [0.05, 0.1) is 0 Å². The van der Waals surface area contributed by atoms with Crippen molar-refractivity contribution in [1.29, 1.82) is 0 Å². The van der Waals surface area contributed by atoms with E-state index in [9.17, 15) is 4.79 Å². The fourth-order valence-corrected chi connectivity index (χ4v) is 2.10. The number of piperidine rings is 1. The number of hydrogen-bond donors (Lipinski definition) is 2. The van der Waals surface area contributed by atoms with E-state index in [1.807, 2.05) is 0 Å². The Morgan fingerprint density at radius 3 is 2.69 bits per heavy atom. The molecule has 0 saturated carbocycles. The summed E-state index contributed by atoms with van der Waals surface area (Å²) in [6.07, 6.45) is 5.57. The van der Waals surface area contributed by atoms with Gasteiger partial charge in [-0.2, -0.15) is 0 Å². The summed E-state index contributed by atoms with van der Waals surface area (Å²) < 4.78 is 0. The Morgan fingerprint density at radius 2 is 2.12 bits per heavy atom. The second-order valence-corrected chi connectivity index (χ2v) is 6.02. The van der Waals surface area contributed by atoms with E-state index in [0.717, 1.165) is 19.5 Å². The Bertz CT molecular complexity index is 214. The molecule has 1 aliphatic heterocycles. The molecule has 0 aromatic carbocycles. The molecule has 1 unspecified atom stereocenters. The fraction of sp³-hybridized carbons (Fsp3) is 0.923. The monoisotopic (exact) mass is 226 g/mol. The average molecular weight is 226 g/mol. The molecule has 1 amide bonds. The van der Waals surface area contributed by atoms with Crippen LogP contribution < -0.4 is 10.6 Å². The Hall–Kier alpha value is -0.570. The van der Waals surface area contributed by atoms with Gasteiger partial charge in [-0.25, -0.2) is 0 Å². The first kappa shape index (κ1) is 13.5. The summed E-state index contributed by atoms with van der Waals surface area (Å²) in [6, 6.07) is 0.615. The lowest BCUT2D eigenvalue weighted by Gasteiger charge is -2.24. The van der Waals surface area contributed by atoms with Crippen molar-refractivity contribution in [2.24, 2.45) is 5.41 Å². The number of rotatable bonds is 4. The molecule has 3 nitrogen and oxygen atoms in total. The van der Waals surface area contributed by atoms with Gasteiger partial charge in [-0.15, -0.1) is 0 Å². The number of hydrogen-bond acceptors (Lipinski definition) is 2.